The fraction of sp³-hybridized carbons (Fsp3) is 0.571. The molecule has 106 valence electrons. The van der Waals surface area contributed by atoms with E-state index in [0.29, 0.717) is 19.5 Å². The average molecular weight is 334 g/mol. The topological polar surface area (TPSA) is 23.5 Å². The van der Waals surface area contributed by atoms with Crippen molar-refractivity contribution >= 4 is 15.9 Å². The summed E-state index contributed by atoms with van der Waals surface area (Å²) >= 11 is 3.08. The Morgan fingerprint density at radius 1 is 1.42 bits per heavy atom. The highest BCUT2D eigenvalue weighted by Gasteiger charge is 2.35. The van der Waals surface area contributed by atoms with E-state index in [9.17, 15) is 13.9 Å². The fourth-order valence-electron chi connectivity index (χ4n) is 2.53. The highest BCUT2D eigenvalue weighted by Crippen LogP contribution is 2.31. The number of rotatable bonds is 2. The number of halogens is 3. The molecule has 0 bridgehead atoms. The Bertz CT molecular complexity index is 479. The molecule has 1 aromatic rings. The highest BCUT2D eigenvalue weighted by atomic mass is 79.9. The van der Waals surface area contributed by atoms with Crippen molar-refractivity contribution in [2.24, 2.45) is 5.41 Å². The first kappa shape index (κ1) is 14.9. The normalized spacial score (nSPS) is 23.6. The van der Waals surface area contributed by atoms with Gasteiger partial charge in [-0.3, -0.25) is 4.90 Å². The molecule has 1 unspecified atom stereocenters. The van der Waals surface area contributed by atoms with E-state index in [-0.39, 0.29) is 28.1 Å². The van der Waals surface area contributed by atoms with Gasteiger partial charge < -0.3 is 5.11 Å². The molecule has 1 heterocycles. The molecule has 0 amide bonds. The maximum absolute atomic E-state index is 13.9. The van der Waals surface area contributed by atoms with Crippen LogP contribution in [0.4, 0.5) is 8.78 Å². The third kappa shape index (κ3) is 3.15. The second kappa shape index (κ2) is 5.46. The summed E-state index contributed by atoms with van der Waals surface area (Å²) in [6, 6.07) is 2.64. The fourth-order valence-corrected chi connectivity index (χ4v) is 2.90. The van der Waals surface area contributed by atoms with E-state index < -0.39 is 11.6 Å². The van der Waals surface area contributed by atoms with Crippen molar-refractivity contribution in [2.45, 2.75) is 32.9 Å². The number of hydrogen-bond acceptors (Lipinski definition) is 2. The van der Waals surface area contributed by atoms with E-state index in [2.05, 4.69) is 15.9 Å². The van der Waals surface area contributed by atoms with Crippen LogP contribution in [-0.2, 0) is 6.54 Å². The maximum Gasteiger partial charge on any atom is 0.144 e. The zero-order chi connectivity index (χ0) is 14.2. The molecule has 1 aliphatic heterocycles. The minimum Gasteiger partial charge on any atom is -0.392 e. The first-order valence-electron chi connectivity index (χ1n) is 6.34. The Balaban J connectivity index is 2.17. The van der Waals surface area contributed by atoms with Crippen LogP contribution in [0.1, 0.15) is 25.8 Å². The monoisotopic (exact) mass is 333 g/mol. The first-order valence-corrected chi connectivity index (χ1v) is 7.13. The molecule has 1 atom stereocenters. The van der Waals surface area contributed by atoms with Crippen molar-refractivity contribution in [3.8, 4) is 0 Å². The van der Waals surface area contributed by atoms with Crippen LogP contribution in [0.5, 0.6) is 0 Å². The van der Waals surface area contributed by atoms with Gasteiger partial charge in [-0.05, 0) is 34.5 Å². The van der Waals surface area contributed by atoms with E-state index >= 15 is 0 Å². The quantitative estimate of drug-likeness (QED) is 0.839. The molecular weight excluding hydrogens is 316 g/mol. The van der Waals surface area contributed by atoms with Gasteiger partial charge in [0.05, 0.1) is 10.6 Å². The Hall–Kier alpha value is -0.520. The summed E-state index contributed by atoms with van der Waals surface area (Å²) < 4.78 is 27.9. The number of hydrogen-bond donors (Lipinski definition) is 1. The standard InChI is InChI=1S/C14H18BrF2NO/c1-14(2)8-18(6-5-12(14)19)7-9-11(16)4-3-10(15)13(9)17/h3-4,12,19H,5-8H2,1-2H3. The number of piperidine rings is 1. The number of likely N-dealkylation sites (tertiary alicyclic amines) is 1. The van der Waals surface area contributed by atoms with Gasteiger partial charge in [0, 0.05) is 30.6 Å². The van der Waals surface area contributed by atoms with E-state index in [4.69, 9.17) is 0 Å². The lowest BCUT2D eigenvalue weighted by Gasteiger charge is -2.41. The van der Waals surface area contributed by atoms with Gasteiger partial charge in [-0.1, -0.05) is 13.8 Å². The Morgan fingerprint density at radius 2 is 2.11 bits per heavy atom. The summed E-state index contributed by atoms with van der Waals surface area (Å²) in [6.07, 6.45) is 0.269. The lowest BCUT2D eigenvalue weighted by molar-refractivity contribution is -0.0275. The zero-order valence-corrected chi connectivity index (χ0v) is 12.7. The molecule has 2 rings (SSSR count). The molecule has 5 heteroatoms. The Labute approximate surface area is 120 Å². The second-order valence-corrected chi connectivity index (χ2v) is 6.68. The molecule has 2 nitrogen and oxygen atoms in total. The Morgan fingerprint density at radius 3 is 2.74 bits per heavy atom. The van der Waals surface area contributed by atoms with Gasteiger partial charge in [0.2, 0.25) is 0 Å². The summed E-state index contributed by atoms with van der Waals surface area (Å²) in [6.45, 7) is 5.44. The van der Waals surface area contributed by atoms with Gasteiger partial charge in [-0.15, -0.1) is 0 Å². The van der Waals surface area contributed by atoms with Gasteiger partial charge in [-0.25, -0.2) is 8.78 Å². The molecule has 1 aromatic carbocycles. The summed E-state index contributed by atoms with van der Waals surface area (Å²) in [7, 11) is 0. The van der Waals surface area contributed by atoms with Crippen LogP contribution in [0.15, 0.2) is 16.6 Å². The lowest BCUT2D eigenvalue weighted by atomic mass is 9.81. The third-order valence-corrected chi connectivity index (χ3v) is 4.39. The molecule has 19 heavy (non-hydrogen) atoms. The van der Waals surface area contributed by atoms with Gasteiger partial charge in [0.15, 0.2) is 0 Å². The summed E-state index contributed by atoms with van der Waals surface area (Å²) in [5.74, 6) is -1.06. The van der Waals surface area contributed by atoms with Crippen LogP contribution in [0, 0.1) is 17.0 Å². The first-order chi connectivity index (χ1) is 8.81. The number of benzene rings is 1. The largest absolute Gasteiger partial charge is 0.392 e. The van der Waals surface area contributed by atoms with Crippen molar-refractivity contribution in [1.29, 1.82) is 0 Å². The lowest BCUT2D eigenvalue weighted by Crippen LogP contribution is -2.48. The highest BCUT2D eigenvalue weighted by molar-refractivity contribution is 9.10. The minimum absolute atomic E-state index is 0.0848. The molecule has 0 aromatic heterocycles. The molecule has 1 N–H and O–H groups in total. The van der Waals surface area contributed by atoms with E-state index in [1.807, 2.05) is 18.7 Å². The molecule has 0 saturated carbocycles. The average Bonchev–Trinajstić information content (AvgIpc) is 2.34. The van der Waals surface area contributed by atoms with E-state index in [1.165, 1.54) is 12.1 Å². The van der Waals surface area contributed by atoms with Gasteiger partial charge >= 0.3 is 0 Å². The number of aliphatic hydroxyl groups excluding tert-OH is 1. The predicted molar refractivity (Wildman–Crippen MR) is 73.7 cm³/mol. The smallest absolute Gasteiger partial charge is 0.144 e. The van der Waals surface area contributed by atoms with Crippen molar-refractivity contribution in [3.63, 3.8) is 0 Å². The van der Waals surface area contributed by atoms with Crippen LogP contribution < -0.4 is 0 Å². The molecule has 1 fully saturated rings. The van der Waals surface area contributed by atoms with Crippen molar-refractivity contribution in [3.05, 3.63) is 33.8 Å². The van der Waals surface area contributed by atoms with Crippen molar-refractivity contribution < 1.29 is 13.9 Å². The van der Waals surface area contributed by atoms with Crippen LogP contribution in [0.25, 0.3) is 0 Å². The molecule has 0 spiro atoms. The molecular formula is C14H18BrF2NO. The predicted octanol–water partition coefficient (Wildman–Crippen LogP) is 3.32. The van der Waals surface area contributed by atoms with Crippen molar-refractivity contribution in [1.82, 2.24) is 4.90 Å². The molecule has 0 radical (unpaired) electrons. The van der Waals surface area contributed by atoms with Crippen LogP contribution in [0.3, 0.4) is 0 Å². The molecule has 0 aliphatic carbocycles. The molecule has 1 saturated heterocycles. The summed E-state index contributed by atoms with van der Waals surface area (Å²) in [5.41, 5.74) is -0.168. The van der Waals surface area contributed by atoms with Crippen LogP contribution in [-0.4, -0.2) is 29.2 Å². The van der Waals surface area contributed by atoms with Gasteiger partial charge in [0.1, 0.15) is 11.6 Å². The number of aliphatic hydroxyl groups is 1. The summed E-state index contributed by atoms with van der Waals surface area (Å²) in [5, 5.41) is 9.89. The molecule has 1 aliphatic rings. The maximum atomic E-state index is 13.9. The van der Waals surface area contributed by atoms with Gasteiger partial charge in [0.25, 0.3) is 0 Å². The Kier molecular flexibility index (Phi) is 4.28. The van der Waals surface area contributed by atoms with E-state index in [1.54, 1.807) is 0 Å². The zero-order valence-electron chi connectivity index (χ0n) is 11.1. The SMILES string of the molecule is CC1(C)CN(Cc2c(F)ccc(Br)c2F)CCC1O. The van der Waals surface area contributed by atoms with Crippen LogP contribution >= 0.6 is 15.9 Å². The second-order valence-electron chi connectivity index (χ2n) is 5.83. The number of nitrogens with zero attached hydrogens (tertiary/aromatic N) is 1. The minimum atomic E-state index is -0.538. The summed E-state index contributed by atoms with van der Waals surface area (Å²) in [4.78, 5) is 1.99. The van der Waals surface area contributed by atoms with E-state index in [0.717, 1.165) is 0 Å². The van der Waals surface area contributed by atoms with Gasteiger partial charge in [-0.2, -0.15) is 0 Å². The van der Waals surface area contributed by atoms with Crippen LogP contribution in [0.2, 0.25) is 0 Å². The van der Waals surface area contributed by atoms with Crippen molar-refractivity contribution in [2.75, 3.05) is 13.1 Å². The third-order valence-electron chi connectivity index (χ3n) is 3.77.